The monoisotopic (exact) mass is 279 g/mol. The molecule has 1 heterocycles. The third kappa shape index (κ3) is 5.70. The minimum atomic E-state index is 0.145. The Hall–Kier alpha value is -0.930. The average Bonchev–Trinajstić information content (AvgIpc) is 2.77. The Morgan fingerprint density at radius 2 is 2.16 bits per heavy atom. The topological polar surface area (TPSA) is 22.1 Å². The maximum absolute atomic E-state index is 5.55. The summed E-state index contributed by atoms with van der Waals surface area (Å²) >= 11 is 1.75. The molecule has 0 saturated carbocycles. The summed E-state index contributed by atoms with van der Waals surface area (Å²) in [6, 6.07) is 0. The molecule has 0 aliphatic carbocycles. The SMILES string of the molecule is CCCc1nc(/C=C(\C)C(CC=C(C)C)OC)cs1. The molecule has 0 aliphatic heterocycles. The first-order chi connectivity index (χ1) is 9.06. The normalized spacial score (nSPS) is 13.4. The minimum Gasteiger partial charge on any atom is -0.377 e. The Labute approximate surface area is 121 Å². The quantitative estimate of drug-likeness (QED) is 0.664. The number of aryl methyl sites for hydroxylation is 1. The number of methoxy groups -OCH3 is 1. The standard InChI is InChI=1S/C16H25NOS/c1-6-7-16-17-14(11-19-16)10-13(4)15(18-5)9-8-12(2)3/h8,10-11,15H,6-7,9H2,1-5H3/b13-10+. The molecular formula is C16H25NOS. The molecule has 1 unspecified atom stereocenters. The van der Waals surface area contributed by atoms with Gasteiger partial charge in [0.15, 0.2) is 0 Å². The molecule has 2 nitrogen and oxygen atoms in total. The predicted molar refractivity (Wildman–Crippen MR) is 84.6 cm³/mol. The lowest BCUT2D eigenvalue weighted by Gasteiger charge is -2.14. The maximum Gasteiger partial charge on any atom is 0.0932 e. The molecule has 1 atom stereocenters. The molecule has 19 heavy (non-hydrogen) atoms. The van der Waals surface area contributed by atoms with Gasteiger partial charge in [0, 0.05) is 12.5 Å². The number of hydrogen-bond acceptors (Lipinski definition) is 3. The Kier molecular flexibility index (Phi) is 7.03. The highest BCUT2D eigenvalue weighted by atomic mass is 32.1. The van der Waals surface area contributed by atoms with Crippen molar-refractivity contribution in [1.29, 1.82) is 0 Å². The van der Waals surface area contributed by atoms with Crippen LogP contribution in [-0.4, -0.2) is 18.2 Å². The lowest BCUT2D eigenvalue weighted by Crippen LogP contribution is -2.10. The van der Waals surface area contributed by atoms with E-state index in [9.17, 15) is 0 Å². The molecule has 1 aromatic heterocycles. The Morgan fingerprint density at radius 3 is 2.74 bits per heavy atom. The number of rotatable bonds is 7. The van der Waals surface area contributed by atoms with Crippen LogP contribution in [0.1, 0.15) is 51.2 Å². The summed E-state index contributed by atoms with van der Waals surface area (Å²) in [6.07, 6.45) is 7.65. The van der Waals surface area contributed by atoms with Crippen molar-refractivity contribution in [3.8, 4) is 0 Å². The van der Waals surface area contributed by atoms with Gasteiger partial charge in [-0.15, -0.1) is 11.3 Å². The first-order valence-corrected chi connectivity index (χ1v) is 7.73. The molecule has 0 radical (unpaired) electrons. The van der Waals surface area contributed by atoms with E-state index in [-0.39, 0.29) is 6.10 Å². The van der Waals surface area contributed by atoms with Crippen molar-refractivity contribution < 1.29 is 4.74 Å². The van der Waals surface area contributed by atoms with Crippen molar-refractivity contribution >= 4 is 17.4 Å². The Morgan fingerprint density at radius 1 is 1.42 bits per heavy atom. The van der Waals surface area contributed by atoms with Crippen LogP contribution in [0.5, 0.6) is 0 Å². The number of thiazole rings is 1. The van der Waals surface area contributed by atoms with E-state index in [2.05, 4.69) is 50.2 Å². The molecule has 106 valence electrons. The molecule has 0 amide bonds. The zero-order valence-corrected chi connectivity index (χ0v) is 13.5. The highest BCUT2D eigenvalue weighted by molar-refractivity contribution is 7.09. The summed E-state index contributed by atoms with van der Waals surface area (Å²) in [6.45, 7) is 8.53. The van der Waals surface area contributed by atoms with Crippen LogP contribution in [0.4, 0.5) is 0 Å². The zero-order valence-electron chi connectivity index (χ0n) is 12.7. The third-order valence-electron chi connectivity index (χ3n) is 2.94. The van der Waals surface area contributed by atoms with E-state index in [1.807, 2.05) is 0 Å². The summed E-state index contributed by atoms with van der Waals surface area (Å²) in [4.78, 5) is 4.62. The summed E-state index contributed by atoms with van der Waals surface area (Å²) in [5, 5.41) is 3.35. The van der Waals surface area contributed by atoms with Crippen molar-refractivity contribution in [2.24, 2.45) is 0 Å². The lowest BCUT2D eigenvalue weighted by molar-refractivity contribution is 0.135. The van der Waals surface area contributed by atoms with Gasteiger partial charge in [-0.1, -0.05) is 18.6 Å². The molecule has 0 saturated heterocycles. The van der Waals surface area contributed by atoms with Gasteiger partial charge in [-0.2, -0.15) is 0 Å². The highest BCUT2D eigenvalue weighted by Crippen LogP contribution is 2.18. The van der Waals surface area contributed by atoms with Gasteiger partial charge in [-0.25, -0.2) is 4.98 Å². The molecule has 1 rings (SSSR count). The van der Waals surface area contributed by atoms with Gasteiger partial charge in [0.1, 0.15) is 0 Å². The maximum atomic E-state index is 5.55. The van der Waals surface area contributed by atoms with Gasteiger partial charge in [0.25, 0.3) is 0 Å². The van der Waals surface area contributed by atoms with Crippen LogP contribution in [0, 0.1) is 0 Å². The smallest absolute Gasteiger partial charge is 0.0932 e. The van der Waals surface area contributed by atoms with E-state index in [4.69, 9.17) is 4.74 Å². The second kappa shape index (κ2) is 8.28. The third-order valence-corrected chi connectivity index (χ3v) is 3.87. The fourth-order valence-corrected chi connectivity index (χ4v) is 2.71. The number of nitrogens with zero attached hydrogens (tertiary/aromatic N) is 1. The van der Waals surface area contributed by atoms with Crippen molar-refractivity contribution in [3.05, 3.63) is 33.3 Å². The summed E-state index contributed by atoms with van der Waals surface area (Å²) in [5.41, 5.74) is 3.62. The van der Waals surface area contributed by atoms with Gasteiger partial charge in [0.2, 0.25) is 0 Å². The van der Waals surface area contributed by atoms with Crippen LogP contribution in [-0.2, 0) is 11.2 Å². The van der Waals surface area contributed by atoms with Gasteiger partial charge < -0.3 is 4.74 Å². The summed E-state index contributed by atoms with van der Waals surface area (Å²) < 4.78 is 5.55. The van der Waals surface area contributed by atoms with Crippen LogP contribution >= 0.6 is 11.3 Å². The molecule has 1 aromatic rings. The van der Waals surface area contributed by atoms with Crippen molar-refractivity contribution in [2.75, 3.05) is 7.11 Å². The number of ether oxygens (including phenoxy) is 1. The van der Waals surface area contributed by atoms with E-state index in [0.29, 0.717) is 0 Å². The summed E-state index contributed by atoms with van der Waals surface area (Å²) in [5.74, 6) is 0. The van der Waals surface area contributed by atoms with Gasteiger partial charge >= 0.3 is 0 Å². The molecule has 0 aromatic carbocycles. The van der Waals surface area contributed by atoms with E-state index >= 15 is 0 Å². The molecule has 0 aliphatic rings. The second-order valence-electron chi connectivity index (χ2n) is 5.05. The minimum absolute atomic E-state index is 0.145. The van der Waals surface area contributed by atoms with E-state index in [0.717, 1.165) is 25.0 Å². The van der Waals surface area contributed by atoms with Crippen molar-refractivity contribution in [3.63, 3.8) is 0 Å². The largest absolute Gasteiger partial charge is 0.377 e. The summed E-state index contributed by atoms with van der Waals surface area (Å²) in [7, 11) is 1.77. The predicted octanol–water partition coefficient (Wildman–Crippen LogP) is 4.87. The van der Waals surface area contributed by atoms with Crippen LogP contribution in [0.2, 0.25) is 0 Å². The number of aromatic nitrogens is 1. The van der Waals surface area contributed by atoms with Crippen LogP contribution in [0.25, 0.3) is 6.08 Å². The fraction of sp³-hybridized carbons (Fsp3) is 0.562. The van der Waals surface area contributed by atoms with E-state index in [1.54, 1.807) is 18.4 Å². The van der Waals surface area contributed by atoms with Crippen molar-refractivity contribution in [2.45, 2.75) is 53.1 Å². The number of allylic oxidation sites excluding steroid dienone is 1. The molecule has 0 fully saturated rings. The highest BCUT2D eigenvalue weighted by Gasteiger charge is 2.09. The van der Waals surface area contributed by atoms with Crippen LogP contribution in [0.15, 0.2) is 22.6 Å². The molecule has 0 N–H and O–H groups in total. The molecule has 0 spiro atoms. The molecule has 3 heteroatoms. The van der Waals surface area contributed by atoms with Crippen molar-refractivity contribution in [1.82, 2.24) is 4.98 Å². The van der Waals surface area contributed by atoms with Gasteiger partial charge in [-0.05, 0) is 51.7 Å². The van der Waals surface area contributed by atoms with E-state index < -0.39 is 0 Å². The first kappa shape index (κ1) is 16.1. The Bertz CT molecular complexity index is 441. The fourth-order valence-electron chi connectivity index (χ4n) is 1.86. The van der Waals surface area contributed by atoms with Crippen LogP contribution < -0.4 is 0 Å². The van der Waals surface area contributed by atoms with Gasteiger partial charge in [0.05, 0.1) is 16.8 Å². The second-order valence-corrected chi connectivity index (χ2v) is 5.99. The first-order valence-electron chi connectivity index (χ1n) is 6.85. The molecule has 0 bridgehead atoms. The lowest BCUT2D eigenvalue weighted by atomic mass is 10.1. The van der Waals surface area contributed by atoms with Crippen LogP contribution in [0.3, 0.4) is 0 Å². The average molecular weight is 279 g/mol. The zero-order chi connectivity index (χ0) is 14.3. The number of hydrogen-bond donors (Lipinski definition) is 0. The Balaban J connectivity index is 2.74. The van der Waals surface area contributed by atoms with Gasteiger partial charge in [-0.3, -0.25) is 0 Å². The molecular weight excluding hydrogens is 254 g/mol. The van der Waals surface area contributed by atoms with E-state index in [1.165, 1.54) is 16.2 Å².